The first-order valence-corrected chi connectivity index (χ1v) is 7.58. The Labute approximate surface area is 125 Å². The lowest BCUT2D eigenvalue weighted by Gasteiger charge is -2.46. The summed E-state index contributed by atoms with van der Waals surface area (Å²) in [6, 6.07) is 6.62. The van der Waals surface area contributed by atoms with Crippen molar-refractivity contribution in [3.63, 3.8) is 0 Å². The molecule has 1 aromatic rings. The maximum atomic E-state index is 12.2. The van der Waals surface area contributed by atoms with Crippen LogP contribution >= 0.6 is 0 Å². The maximum absolute atomic E-state index is 12.2. The number of hydrogen-bond acceptors (Lipinski definition) is 3. The minimum atomic E-state index is 0.00418. The topological polar surface area (TPSA) is 44.8 Å². The van der Waals surface area contributed by atoms with Crippen LogP contribution in [0.2, 0.25) is 0 Å². The maximum Gasteiger partial charge on any atom is 0.321 e. The molecular weight excluding hydrogens is 266 g/mol. The second-order valence-electron chi connectivity index (χ2n) is 6.01. The van der Waals surface area contributed by atoms with E-state index in [2.05, 4.69) is 16.3 Å². The van der Waals surface area contributed by atoms with E-state index in [4.69, 9.17) is 4.74 Å². The van der Waals surface area contributed by atoms with Crippen LogP contribution in [0.3, 0.4) is 0 Å². The van der Waals surface area contributed by atoms with Gasteiger partial charge < -0.3 is 15.0 Å². The van der Waals surface area contributed by atoms with Crippen LogP contribution in [0.15, 0.2) is 18.2 Å². The monoisotopic (exact) mass is 289 g/mol. The minimum absolute atomic E-state index is 0.00418. The van der Waals surface area contributed by atoms with Gasteiger partial charge in [0.25, 0.3) is 0 Å². The van der Waals surface area contributed by atoms with E-state index in [1.807, 2.05) is 30.9 Å². The Balaban J connectivity index is 1.51. The lowest BCUT2D eigenvalue weighted by Crippen LogP contribution is -2.63. The zero-order valence-corrected chi connectivity index (χ0v) is 12.8. The van der Waals surface area contributed by atoms with Crippen molar-refractivity contribution in [2.45, 2.75) is 19.9 Å². The van der Waals surface area contributed by atoms with E-state index in [0.717, 1.165) is 45.1 Å². The summed E-state index contributed by atoms with van der Waals surface area (Å²) in [5, 5.41) is 2.99. The van der Waals surface area contributed by atoms with Crippen molar-refractivity contribution in [1.82, 2.24) is 9.80 Å². The molecule has 2 heterocycles. The number of anilines is 1. The quantitative estimate of drug-likeness (QED) is 0.904. The van der Waals surface area contributed by atoms with Crippen molar-refractivity contribution in [3.05, 3.63) is 29.3 Å². The number of ether oxygens (including phenoxy) is 1. The number of morpholine rings is 1. The Morgan fingerprint density at radius 3 is 2.38 bits per heavy atom. The number of nitrogens with zero attached hydrogens (tertiary/aromatic N) is 2. The smallest absolute Gasteiger partial charge is 0.321 e. The van der Waals surface area contributed by atoms with Crippen LogP contribution in [-0.2, 0) is 4.74 Å². The highest BCUT2D eigenvalue weighted by Gasteiger charge is 2.35. The number of benzene rings is 1. The molecule has 2 aliphatic heterocycles. The first-order valence-electron chi connectivity index (χ1n) is 7.58. The van der Waals surface area contributed by atoms with Gasteiger partial charge >= 0.3 is 6.03 Å². The molecule has 1 aromatic carbocycles. The fraction of sp³-hybridized carbons (Fsp3) is 0.562. The summed E-state index contributed by atoms with van der Waals surface area (Å²) in [6.45, 7) is 9.31. The third kappa shape index (κ3) is 3.36. The Hall–Kier alpha value is -1.59. The molecule has 2 aliphatic rings. The Morgan fingerprint density at radius 2 is 1.76 bits per heavy atom. The van der Waals surface area contributed by atoms with Gasteiger partial charge in [0.15, 0.2) is 0 Å². The van der Waals surface area contributed by atoms with Crippen molar-refractivity contribution < 1.29 is 9.53 Å². The number of hydrogen-bond donors (Lipinski definition) is 1. The third-order valence-electron chi connectivity index (χ3n) is 4.18. The molecule has 2 saturated heterocycles. The van der Waals surface area contributed by atoms with Crippen LogP contribution in [-0.4, -0.2) is 61.3 Å². The number of amides is 2. The Kier molecular flexibility index (Phi) is 4.12. The van der Waals surface area contributed by atoms with Gasteiger partial charge in [0.1, 0.15) is 0 Å². The predicted octanol–water partition coefficient (Wildman–Crippen LogP) is 1.85. The lowest BCUT2D eigenvalue weighted by atomic mass is 10.1. The molecule has 5 nitrogen and oxygen atoms in total. The molecule has 0 atom stereocenters. The van der Waals surface area contributed by atoms with E-state index in [1.165, 1.54) is 11.1 Å². The highest BCUT2D eigenvalue weighted by atomic mass is 16.5. The zero-order valence-electron chi connectivity index (χ0n) is 12.8. The molecule has 0 aliphatic carbocycles. The van der Waals surface area contributed by atoms with Gasteiger partial charge in [-0.05, 0) is 37.1 Å². The molecule has 114 valence electrons. The fourth-order valence-corrected chi connectivity index (χ4v) is 3.04. The van der Waals surface area contributed by atoms with E-state index in [0.29, 0.717) is 6.04 Å². The van der Waals surface area contributed by atoms with E-state index >= 15 is 0 Å². The molecule has 0 saturated carbocycles. The highest BCUT2D eigenvalue weighted by molar-refractivity contribution is 5.90. The van der Waals surface area contributed by atoms with E-state index in [-0.39, 0.29) is 6.03 Å². The van der Waals surface area contributed by atoms with Crippen molar-refractivity contribution in [2.24, 2.45) is 0 Å². The van der Waals surface area contributed by atoms with Crippen LogP contribution in [0.4, 0.5) is 10.5 Å². The Bertz CT molecular complexity index is 500. The molecule has 0 radical (unpaired) electrons. The summed E-state index contributed by atoms with van der Waals surface area (Å²) in [6.07, 6.45) is 0. The van der Waals surface area contributed by atoms with Crippen LogP contribution in [0, 0.1) is 13.8 Å². The van der Waals surface area contributed by atoms with E-state index < -0.39 is 0 Å². The highest BCUT2D eigenvalue weighted by Crippen LogP contribution is 2.19. The average molecular weight is 289 g/mol. The molecule has 2 fully saturated rings. The number of nitrogens with one attached hydrogen (secondary N) is 1. The molecule has 0 bridgehead atoms. The second kappa shape index (κ2) is 6.03. The summed E-state index contributed by atoms with van der Waals surface area (Å²) in [5.41, 5.74) is 3.22. The van der Waals surface area contributed by atoms with Gasteiger partial charge in [-0.1, -0.05) is 6.07 Å². The van der Waals surface area contributed by atoms with Crippen molar-refractivity contribution >= 4 is 11.7 Å². The van der Waals surface area contributed by atoms with Crippen LogP contribution in [0.1, 0.15) is 11.1 Å². The number of urea groups is 1. The third-order valence-corrected chi connectivity index (χ3v) is 4.18. The predicted molar refractivity (Wildman–Crippen MR) is 82.7 cm³/mol. The standard InChI is InChI=1S/C16H23N3O2/c1-12-7-13(2)9-14(8-12)17-16(20)19-10-15(11-19)18-3-5-21-6-4-18/h7-9,15H,3-6,10-11H2,1-2H3,(H,17,20). The minimum Gasteiger partial charge on any atom is -0.379 e. The molecule has 21 heavy (non-hydrogen) atoms. The lowest BCUT2D eigenvalue weighted by molar-refractivity contribution is -0.0189. The molecular formula is C16H23N3O2. The van der Waals surface area contributed by atoms with Crippen molar-refractivity contribution in [3.8, 4) is 0 Å². The average Bonchev–Trinajstić information content (AvgIpc) is 2.36. The van der Waals surface area contributed by atoms with Crippen LogP contribution in [0.5, 0.6) is 0 Å². The number of likely N-dealkylation sites (tertiary alicyclic amines) is 1. The Morgan fingerprint density at radius 1 is 1.14 bits per heavy atom. The fourth-order valence-electron chi connectivity index (χ4n) is 3.04. The number of rotatable bonds is 2. The molecule has 1 N–H and O–H groups in total. The van der Waals surface area contributed by atoms with Gasteiger partial charge in [0, 0.05) is 37.9 Å². The molecule has 0 spiro atoms. The second-order valence-corrected chi connectivity index (χ2v) is 6.01. The first-order chi connectivity index (χ1) is 10.1. The number of carbonyl (C=O) groups is 1. The summed E-state index contributed by atoms with van der Waals surface area (Å²) in [7, 11) is 0. The molecule has 5 heteroatoms. The van der Waals surface area contributed by atoms with Gasteiger partial charge in [-0.25, -0.2) is 4.79 Å². The summed E-state index contributed by atoms with van der Waals surface area (Å²) >= 11 is 0. The van der Waals surface area contributed by atoms with Gasteiger partial charge in [0.2, 0.25) is 0 Å². The van der Waals surface area contributed by atoms with Gasteiger partial charge in [-0.15, -0.1) is 0 Å². The largest absolute Gasteiger partial charge is 0.379 e. The van der Waals surface area contributed by atoms with Gasteiger partial charge in [-0.2, -0.15) is 0 Å². The van der Waals surface area contributed by atoms with E-state index in [1.54, 1.807) is 0 Å². The zero-order chi connectivity index (χ0) is 14.8. The summed E-state index contributed by atoms with van der Waals surface area (Å²) in [4.78, 5) is 16.5. The van der Waals surface area contributed by atoms with Crippen molar-refractivity contribution in [1.29, 1.82) is 0 Å². The normalized spacial score (nSPS) is 20.2. The van der Waals surface area contributed by atoms with Crippen molar-refractivity contribution in [2.75, 3.05) is 44.7 Å². The summed E-state index contributed by atoms with van der Waals surface area (Å²) in [5.74, 6) is 0. The molecule has 0 unspecified atom stereocenters. The number of aryl methyl sites for hydroxylation is 2. The molecule has 3 rings (SSSR count). The SMILES string of the molecule is Cc1cc(C)cc(NC(=O)N2CC(N3CCOCC3)C2)c1. The van der Waals surface area contributed by atoms with Crippen LogP contribution in [0.25, 0.3) is 0 Å². The first kappa shape index (κ1) is 14.4. The van der Waals surface area contributed by atoms with Gasteiger partial charge in [-0.3, -0.25) is 4.90 Å². The van der Waals surface area contributed by atoms with Crippen LogP contribution < -0.4 is 5.32 Å². The van der Waals surface area contributed by atoms with E-state index in [9.17, 15) is 4.79 Å². The molecule has 0 aromatic heterocycles. The number of carbonyl (C=O) groups excluding carboxylic acids is 1. The summed E-state index contributed by atoms with van der Waals surface area (Å²) < 4.78 is 5.36. The molecule has 2 amide bonds. The van der Waals surface area contributed by atoms with Gasteiger partial charge in [0.05, 0.1) is 13.2 Å².